The van der Waals surface area contributed by atoms with Crippen molar-refractivity contribution in [2.45, 2.75) is 6.92 Å². The van der Waals surface area contributed by atoms with Crippen LogP contribution in [0.3, 0.4) is 0 Å². The van der Waals surface area contributed by atoms with Gasteiger partial charge in [-0.25, -0.2) is 0 Å². The lowest BCUT2D eigenvalue weighted by atomic mass is 10.1. The summed E-state index contributed by atoms with van der Waals surface area (Å²) < 4.78 is 4.93. The van der Waals surface area contributed by atoms with E-state index in [0.29, 0.717) is 5.76 Å². The van der Waals surface area contributed by atoms with E-state index >= 15 is 0 Å². The summed E-state index contributed by atoms with van der Waals surface area (Å²) in [6.07, 6.45) is 2.75. The summed E-state index contributed by atoms with van der Waals surface area (Å²) in [4.78, 5) is 30.8. The highest BCUT2D eigenvalue weighted by molar-refractivity contribution is 6.32. The van der Waals surface area contributed by atoms with Gasteiger partial charge in [0, 0.05) is 6.08 Å². The summed E-state index contributed by atoms with van der Waals surface area (Å²) in [6.45, 7) is 1.66. The molecule has 2 aliphatic rings. The Hall–Kier alpha value is -3.23. The molecule has 0 aliphatic carbocycles. The van der Waals surface area contributed by atoms with Crippen LogP contribution in [-0.4, -0.2) is 27.6 Å². The topological polar surface area (TPSA) is 122 Å². The molecule has 0 atom stereocenters. The minimum Gasteiger partial charge on any atom is -0.401 e. The Balaban J connectivity index is 1.96. The van der Waals surface area contributed by atoms with Gasteiger partial charge in [-0.05, 0) is 19.1 Å². The summed E-state index contributed by atoms with van der Waals surface area (Å²) in [6, 6.07) is 2.50. The molecule has 9 heteroatoms. The summed E-state index contributed by atoms with van der Waals surface area (Å²) in [5.41, 5.74) is -0.0777. The minimum atomic E-state index is -0.691. The zero-order chi connectivity index (χ0) is 15.1. The Morgan fingerprint density at radius 2 is 2.24 bits per heavy atom. The molecule has 0 fully saturated rings. The van der Waals surface area contributed by atoms with E-state index in [9.17, 15) is 14.9 Å². The molecule has 0 unspecified atom stereocenters. The molecule has 2 aliphatic heterocycles. The van der Waals surface area contributed by atoms with E-state index < -0.39 is 16.7 Å². The molecule has 3 heterocycles. The molecular formula is C12H8N4O5. The molecule has 0 spiro atoms. The number of hydroxylamine groups is 2. The maximum absolute atomic E-state index is 11.9. The Kier molecular flexibility index (Phi) is 2.68. The highest BCUT2D eigenvalue weighted by atomic mass is 16.7. The van der Waals surface area contributed by atoms with Gasteiger partial charge in [0.25, 0.3) is 5.91 Å². The van der Waals surface area contributed by atoms with Gasteiger partial charge in [0.15, 0.2) is 11.7 Å². The van der Waals surface area contributed by atoms with Crippen molar-refractivity contribution in [2.24, 2.45) is 4.99 Å². The van der Waals surface area contributed by atoms with Crippen LogP contribution < -0.4 is 0 Å². The first-order valence-corrected chi connectivity index (χ1v) is 5.80. The second kappa shape index (κ2) is 4.40. The van der Waals surface area contributed by atoms with Gasteiger partial charge in [0.05, 0.1) is 11.6 Å². The number of carbonyl (C=O) groups is 1. The number of allylic oxidation sites excluding steroid dienone is 1. The van der Waals surface area contributed by atoms with Crippen LogP contribution in [0.5, 0.6) is 0 Å². The van der Waals surface area contributed by atoms with E-state index in [1.807, 2.05) is 0 Å². The number of nitrogens with one attached hydrogen (secondary N) is 1. The van der Waals surface area contributed by atoms with Crippen molar-refractivity contribution in [3.8, 4) is 0 Å². The fourth-order valence-corrected chi connectivity index (χ4v) is 1.86. The number of hydrogen-bond donors (Lipinski definition) is 1. The van der Waals surface area contributed by atoms with Gasteiger partial charge < -0.3 is 9.25 Å². The molecule has 0 saturated heterocycles. The molecule has 3 rings (SSSR count). The third-order valence-electron chi connectivity index (χ3n) is 2.76. The quantitative estimate of drug-likeness (QED) is 0.501. The molecule has 9 nitrogen and oxygen atoms in total. The lowest BCUT2D eigenvalue weighted by molar-refractivity contribution is -0.402. The summed E-state index contributed by atoms with van der Waals surface area (Å²) >= 11 is 0. The number of amides is 1. The van der Waals surface area contributed by atoms with Crippen LogP contribution in [-0.2, 0) is 9.63 Å². The van der Waals surface area contributed by atoms with E-state index in [1.54, 1.807) is 6.92 Å². The third-order valence-corrected chi connectivity index (χ3v) is 2.76. The predicted molar refractivity (Wildman–Crippen MR) is 70.2 cm³/mol. The van der Waals surface area contributed by atoms with E-state index in [0.717, 1.165) is 11.1 Å². The number of hydrogen-bond acceptors (Lipinski definition) is 6. The normalized spacial score (nSPS) is 19.3. The number of fused-ring (bicyclic) bond motifs is 1. The average molecular weight is 288 g/mol. The van der Waals surface area contributed by atoms with Gasteiger partial charge in [-0.1, -0.05) is 0 Å². The van der Waals surface area contributed by atoms with Crippen LogP contribution in [0.15, 0.2) is 39.0 Å². The monoisotopic (exact) mass is 288 g/mol. The Bertz CT molecular complexity index is 770. The average Bonchev–Trinajstić information content (AvgIpc) is 3.01. The first-order valence-electron chi connectivity index (χ1n) is 5.80. The highest BCUT2D eigenvalue weighted by Gasteiger charge is 2.34. The Morgan fingerprint density at radius 1 is 1.48 bits per heavy atom. The van der Waals surface area contributed by atoms with Gasteiger partial charge in [-0.2, -0.15) is 4.99 Å². The van der Waals surface area contributed by atoms with Crippen molar-refractivity contribution in [1.82, 2.24) is 5.06 Å². The number of carbonyl (C=O) groups excluding carboxylic acids is 1. The molecule has 1 amide bonds. The number of furan rings is 1. The van der Waals surface area contributed by atoms with Gasteiger partial charge in [0.1, 0.15) is 16.4 Å². The van der Waals surface area contributed by atoms with Crippen molar-refractivity contribution in [1.29, 1.82) is 5.41 Å². The van der Waals surface area contributed by atoms with Crippen LogP contribution in [0.2, 0.25) is 0 Å². The molecule has 0 bridgehead atoms. The lowest BCUT2D eigenvalue weighted by Gasteiger charge is -2.22. The molecule has 0 aromatic carbocycles. The maximum Gasteiger partial charge on any atom is 0.433 e. The standard InChI is InChI=1S/C12H8N4O5/c1-6-4-9-14-12(17)8(11(13)15(9)21-6)5-7-2-3-10(20-7)16(18)19/h2-5,13H,1H3/b8-5+,13-11?. The lowest BCUT2D eigenvalue weighted by Crippen LogP contribution is -2.38. The van der Waals surface area contributed by atoms with Crippen LogP contribution in [0, 0.1) is 15.5 Å². The van der Waals surface area contributed by atoms with Gasteiger partial charge >= 0.3 is 5.88 Å². The first kappa shape index (κ1) is 12.8. The van der Waals surface area contributed by atoms with Crippen molar-refractivity contribution in [3.05, 3.63) is 45.4 Å². The van der Waals surface area contributed by atoms with Crippen LogP contribution in [0.1, 0.15) is 12.7 Å². The van der Waals surface area contributed by atoms with Gasteiger partial charge in [-0.3, -0.25) is 20.3 Å². The van der Waals surface area contributed by atoms with Gasteiger partial charge in [-0.15, -0.1) is 5.06 Å². The summed E-state index contributed by atoms with van der Waals surface area (Å²) in [7, 11) is 0. The number of aliphatic imine (C=N–C) groups is 1. The number of amidine groups is 2. The fraction of sp³-hybridized carbons (Fsp3) is 0.0833. The van der Waals surface area contributed by atoms with Gasteiger partial charge in [0.2, 0.25) is 0 Å². The van der Waals surface area contributed by atoms with Crippen LogP contribution >= 0.6 is 0 Å². The zero-order valence-electron chi connectivity index (χ0n) is 10.7. The molecule has 0 saturated carbocycles. The number of rotatable bonds is 2. The molecule has 1 N–H and O–H groups in total. The second-order valence-electron chi connectivity index (χ2n) is 4.26. The maximum atomic E-state index is 11.9. The molecular weight excluding hydrogens is 280 g/mol. The van der Waals surface area contributed by atoms with Crippen molar-refractivity contribution in [2.75, 3.05) is 0 Å². The van der Waals surface area contributed by atoms with E-state index in [2.05, 4.69) is 4.99 Å². The summed E-state index contributed by atoms with van der Waals surface area (Å²) in [5, 5.41) is 19.6. The fourth-order valence-electron chi connectivity index (χ4n) is 1.86. The van der Waals surface area contributed by atoms with E-state index in [-0.39, 0.29) is 23.0 Å². The van der Waals surface area contributed by atoms with E-state index in [1.165, 1.54) is 18.2 Å². The molecule has 1 aromatic heterocycles. The second-order valence-corrected chi connectivity index (χ2v) is 4.26. The van der Waals surface area contributed by atoms with Crippen molar-refractivity contribution >= 4 is 29.5 Å². The van der Waals surface area contributed by atoms with Crippen molar-refractivity contribution < 1.29 is 19.0 Å². The third kappa shape index (κ3) is 2.10. The zero-order valence-corrected chi connectivity index (χ0v) is 10.7. The molecule has 21 heavy (non-hydrogen) atoms. The SMILES string of the molecule is CC1=CC2=NC(=O)/C(=C/c3ccc([N+](=O)[O-])o3)C(=N)N2O1. The van der Waals surface area contributed by atoms with Crippen molar-refractivity contribution in [3.63, 3.8) is 0 Å². The molecule has 0 radical (unpaired) electrons. The van der Waals surface area contributed by atoms with Crippen LogP contribution in [0.4, 0.5) is 5.88 Å². The number of nitro groups is 1. The smallest absolute Gasteiger partial charge is 0.401 e. The Labute approximate surface area is 117 Å². The van der Waals surface area contributed by atoms with E-state index in [4.69, 9.17) is 14.7 Å². The first-order chi connectivity index (χ1) is 9.95. The van der Waals surface area contributed by atoms with Crippen LogP contribution in [0.25, 0.3) is 6.08 Å². The Morgan fingerprint density at radius 3 is 2.90 bits per heavy atom. The largest absolute Gasteiger partial charge is 0.433 e. The summed E-state index contributed by atoms with van der Waals surface area (Å²) in [5.74, 6) is -0.489. The molecule has 106 valence electrons. The number of nitrogens with zero attached hydrogens (tertiary/aromatic N) is 3. The highest BCUT2D eigenvalue weighted by Crippen LogP contribution is 2.25. The predicted octanol–water partition coefficient (Wildman–Crippen LogP) is 1.64. The molecule has 1 aromatic rings. The minimum absolute atomic E-state index is 0.0777.